The highest BCUT2D eigenvalue weighted by atomic mass is 16.5. The van der Waals surface area contributed by atoms with Crippen molar-refractivity contribution in [3.63, 3.8) is 0 Å². The van der Waals surface area contributed by atoms with Gasteiger partial charge in [0.05, 0.1) is 12.2 Å². The standard InChI is InChI=1S/C14H28O2/c1-4-12-7-5-6-8-13(12)14(15)10-9-11(2)16-3/h11-15H,4-10H2,1-3H3. The van der Waals surface area contributed by atoms with E-state index in [1.807, 2.05) is 0 Å². The minimum Gasteiger partial charge on any atom is -0.393 e. The number of ether oxygens (including phenoxy) is 1. The smallest absolute Gasteiger partial charge is 0.0572 e. The molecule has 1 N–H and O–H groups in total. The van der Waals surface area contributed by atoms with Crippen LogP contribution < -0.4 is 0 Å². The highest BCUT2D eigenvalue weighted by Crippen LogP contribution is 2.35. The molecule has 0 aliphatic heterocycles. The van der Waals surface area contributed by atoms with Gasteiger partial charge in [0.2, 0.25) is 0 Å². The topological polar surface area (TPSA) is 29.5 Å². The normalized spacial score (nSPS) is 30.0. The molecule has 0 bridgehead atoms. The molecule has 1 aliphatic rings. The predicted octanol–water partition coefficient (Wildman–Crippen LogP) is 3.38. The Kier molecular flexibility index (Phi) is 6.37. The van der Waals surface area contributed by atoms with Crippen molar-refractivity contribution in [3.8, 4) is 0 Å². The molecule has 0 aromatic heterocycles. The molecule has 0 aromatic carbocycles. The van der Waals surface area contributed by atoms with Gasteiger partial charge in [-0.3, -0.25) is 0 Å². The van der Waals surface area contributed by atoms with Crippen molar-refractivity contribution in [2.24, 2.45) is 11.8 Å². The van der Waals surface area contributed by atoms with Gasteiger partial charge in [0.15, 0.2) is 0 Å². The number of aliphatic hydroxyl groups excluding tert-OH is 1. The Bertz CT molecular complexity index is 182. The zero-order valence-corrected chi connectivity index (χ0v) is 11.1. The third-order valence-electron chi connectivity index (χ3n) is 4.26. The van der Waals surface area contributed by atoms with Crippen LogP contribution in [0.15, 0.2) is 0 Å². The maximum absolute atomic E-state index is 10.3. The van der Waals surface area contributed by atoms with E-state index in [9.17, 15) is 5.11 Å². The van der Waals surface area contributed by atoms with Gasteiger partial charge in [-0.2, -0.15) is 0 Å². The van der Waals surface area contributed by atoms with Gasteiger partial charge < -0.3 is 9.84 Å². The second-order valence-corrected chi connectivity index (χ2v) is 5.31. The van der Waals surface area contributed by atoms with Crippen LogP contribution in [0.4, 0.5) is 0 Å². The lowest BCUT2D eigenvalue weighted by atomic mass is 9.74. The quantitative estimate of drug-likeness (QED) is 0.755. The average Bonchev–Trinajstić information content (AvgIpc) is 2.35. The molecule has 2 nitrogen and oxygen atoms in total. The van der Waals surface area contributed by atoms with Crippen molar-refractivity contribution in [1.82, 2.24) is 0 Å². The first-order chi connectivity index (χ1) is 7.69. The van der Waals surface area contributed by atoms with E-state index in [0.717, 1.165) is 18.8 Å². The van der Waals surface area contributed by atoms with Gasteiger partial charge in [-0.05, 0) is 38.0 Å². The molecular formula is C14H28O2. The van der Waals surface area contributed by atoms with Crippen LogP contribution in [0.1, 0.15) is 58.8 Å². The lowest BCUT2D eigenvalue weighted by Crippen LogP contribution is -2.31. The molecule has 4 atom stereocenters. The summed E-state index contributed by atoms with van der Waals surface area (Å²) in [5, 5.41) is 10.3. The summed E-state index contributed by atoms with van der Waals surface area (Å²) in [6.45, 7) is 4.33. The molecule has 96 valence electrons. The second kappa shape index (κ2) is 7.29. The second-order valence-electron chi connectivity index (χ2n) is 5.31. The summed E-state index contributed by atoms with van der Waals surface area (Å²) in [6.07, 6.45) is 8.47. The fraction of sp³-hybridized carbons (Fsp3) is 1.00. The Balaban J connectivity index is 2.35. The fourth-order valence-corrected chi connectivity index (χ4v) is 2.99. The van der Waals surface area contributed by atoms with E-state index in [2.05, 4.69) is 13.8 Å². The molecule has 1 fully saturated rings. The molecule has 1 rings (SSSR count). The molecule has 1 saturated carbocycles. The van der Waals surface area contributed by atoms with E-state index >= 15 is 0 Å². The van der Waals surface area contributed by atoms with Crippen LogP contribution in [-0.2, 0) is 4.74 Å². The zero-order chi connectivity index (χ0) is 12.0. The third kappa shape index (κ3) is 4.06. The Morgan fingerprint density at radius 1 is 1.25 bits per heavy atom. The van der Waals surface area contributed by atoms with Gasteiger partial charge in [-0.1, -0.05) is 32.6 Å². The van der Waals surface area contributed by atoms with Gasteiger partial charge in [0, 0.05) is 7.11 Å². The Labute approximate surface area is 100 Å². The zero-order valence-electron chi connectivity index (χ0n) is 11.1. The lowest BCUT2D eigenvalue weighted by Gasteiger charge is -2.34. The van der Waals surface area contributed by atoms with Crippen LogP contribution in [0, 0.1) is 11.8 Å². The van der Waals surface area contributed by atoms with Crippen LogP contribution in [0.5, 0.6) is 0 Å². The molecule has 0 aromatic rings. The summed E-state index contributed by atoms with van der Waals surface area (Å²) in [6, 6.07) is 0. The minimum atomic E-state index is -0.108. The molecule has 0 heterocycles. The Morgan fingerprint density at radius 2 is 1.94 bits per heavy atom. The van der Waals surface area contributed by atoms with Crippen molar-refractivity contribution >= 4 is 0 Å². The first kappa shape index (κ1) is 14.0. The molecule has 1 aliphatic carbocycles. The van der Waals surface area contributed by atoms with E-state index in [1.54, 1.807) is 7.11 Å². The summed E-state index contributed by atoms with van der Waals surface area (Å²) in [5.41, 5.74) is 0. The summed E-state index contributed by atoms with van der Waals surface area (Å²) in [4.78, 5) is 0. The summed E-state index contributed by atoms with van der Waals surface area (Å²) in [5.74, 6) is 1.30. The number of aliphatic hydroxyl groups is 1. The van der Waals surface area contributed by atoms with Crippen molar-refractivity contribution in [2.45, 2.75) is 71.0 Å². The van der Waals surface area contributed by atoms with E-state index in [-0.39, 0.29) is 12.2 Å². The monoisotopic (exact) mass is 228 g/mol. The molecule has 0 spiro atoms. The van der Waals surface area contributed by atoms with E-state index in [1.165, 1.54) is 32.1 Å². The summed E-state index contributed by atoms with van der Waals surface area (Å²) >= 11 is 0. The van der Waals surface area contributed by atoms with Gasteiger partial charge >= 0.3 is 0 Å². The van der Waals surface area contributed by atoms with Crippen LogP contribution in [-0.4, -0.2) is 24.4 Å². The van der Waals surface area contributed by atoms with E-state index < -0.39 is 0 Å². The molecule has 0 amide bonds. The largest absolute Gasteiger partial charge is 0.393 e. The van der Waals surface area contributed by atoms with Crippen molar-refractivity contribution in [2.75, 3.05) is 7.11 Å². The van der Waals surface area contributed by atoms with Gasteiger partial charge in [-0.15, -0.1) is 0 Å². The SMILES string of the molecule is CCC1CCCCC1C(O)CCC(C)OC. The average molecular weight is 228 g/mol. The van der Waals surface area contributed by atoms with Crippen LogP contribution in [0.3, 0.4) is 0 Å². The van der Waals surface area contributed by atoms with Crippen molar-refractivity contribution < 1.29 is 9.84 Å². The number of rotatable bonds is 6. The van der Waals surface area contributed by atoms with Crippen molar-refractivity contribution in [1.29, 1.82) is 0 Å². The Morgan fingerprint density at radius 3 is 2.56 bits per heavy atom. The fourth-order valence-electron chi connectivity index (χ4n) is 2.99. The number of hydrogen-bond donors (Lipinski definition) is 1. The molecule has 16 heavy (non-hydrogen) atoms. The molecule has 2 heteroatoms. The lowest BCUT2D eigenvalue weighted by molar-refractivity contribution is 0.0234. The predicted molar refractivity (Wildman–Crippen MR) is 67.5 cm³/mol. The van der Waals surface area contributed by atoms with Gasteiger partial charge in [0.1, 0.15) is 0 Å². The van der Waals surface area contributed by atoms with Gasteiger partial charge in [-0.25, -0.2) is 0 Å². The maximum atomic E-state index is 10.3. The number of hydrogen-bond acceptors (Lipinski definition) is 2. The first-order valence-electron chi connectivity index (χ1n) is 6.89. The van der Waals surface area contributed by atoms with E-state index in [4.69, 9.17) is 4.74 Å². The first-order valence-corrected chi connectivity index (χ1v) is 6.89. The van der Waals surface area contributed by atoms with Crippen LogP contribution in [0.25, 0.3) is 0 Å². The number of methoxy groups -OCH3 is 1. The third-order valence-corrected chi connectivity index (χ3v) is 4.26. The summed E-state index contributed by atoms with van der Waals surface area (Å²) in [7, 11) is 1.74. The molecule has 0 radical (unpaired) electrons. The van der Waals surface area contributed by atoms with E-state index in [0.29, 0.717) is 5.92 Å². The highest BCUT2D eigenvalue weighted by molar-refractivity contribution is 4.80. The van der Waals surface area contributed by atoms with Crippen molar-refractivity contribution in [3.05, 3.63) is 0 Å². The molecule has 0 saturated heterocycles. The highest BCUT2D eigenvalue weighted by Gasteiger charge is 2.29. The minimum absolute atomic E-state index is 0.108. The summed E-state index contributed by atoms with van der Waals surface area (Å²) < 4.78 is 5.23. The molecule has 4 unspecified atom stereocenters. The van der Waals surface area contributed by atoms with Crippen LogP contribution >= 0.6 is 0 Å². The Hall–Kier alpha value is -0.0800. The van der Waals surface area contributed by atoms with Gasteiger partial charge in [0.25, 0.3) is 0 Å². The maximum Gasteiger partial charge on any atom is 0.0572 e. The van der Waals surface area contributed by atoms with Crippen LogP contribution in [0.2, 0.25) is 0 Å². The molecular weight excluding hydrogens is 200 g/mol.